The van der Waals surface area contributed by atoms with Gasteiger partial charge in [0.2, 0.25) is 5.91 Å². The minimum absolute atomic E-state index is 0.00532. The fourth-order valence-electron chi connectivity index (χ4n) is 3.93. The Labute approximate surface area is 146 Å². The highest BCUT2D eigenvalue weighted by atomic mass is 32.2. The maximum Gasteiger partial charge on any atom is 0.253 e. The monoisotopic (exact) mass is 345 g/mol. The van der Waals surface area contributed by atoms with Gasteiger partial charge in [0.05, 0.1) is 10.9 Å². The van der Waals surface area contributed by atoms with Crippen molar-refractivity contribution >= 4 is 29.3 Å². The van der Waals surface area contributed by atoms with E-state index in [0.29, 0.717) is 11.0 Å². The number of piperidine rings is 1. The lowest BCUT2D eigenvalue weighted by Gasteiger charge is -2.39. The van der Waals surface area contributed by atoms with Crippen molar-refractivity contribution in [3.05, 3.63) is 23.8 Å². The molecule has 2 amide bonds. The van der Waals surface area contributed by atoms with Crippen molar-refractivity contribution in [3.63, 3.8) is 0 Å². The minimum Gasteiger partial charge on any atom is -0.339 e. The fraction of sp³-hybridized carbons (Fsp3) is 0.556. The van der Waals surface area contributed by atoms with Gasteiger partial charge in [0, 0.05) is 30.1 Å². The van der Waals surface area contributed by atoms with Crippen LogP contribution in [-0.2, 0) is 4.79 Å². The zero-order valence-corrected chi connectivity index (χ0v) is 14.7. The number of fused-ring (bicyclic) bond motifs is 1. The van der Waals surface area contributed by atoms with Crippen molar-refractivity contribution in [1.82, 2.24) is 10.2 Å². The molecule has 1 aromatic carbocycles. The van der Waals surface area contributed by atoms with Gasteiger partial charge in [0.1, 0.15) is 0 Å². The maximum atomic E-state index is 12.8. The molecule has 3 heterocycles. The summed E-state index contributed by atoms with van der Waals surface area (Å²) in [6, 6.07) is 5.67. The van der Waals surface area contributed by atoms with Crippen molar-refractivity contribution in [1.29, 1.82) is 0 Å². The molecule has 4 rings (SSSR count). The van der Waals surface area contributed by atoms with E-state index in [1.54, 1.807) is 11.8 Å². The van der Waals surface area contributed by atoms with Crippen LogP contribution < -0.4 is 10.6 Å². The first-order valence-corrected chi connectivity index (χ1v) is 9.56. The summed E-state index contributed by atoms with van der Waals surface area (Å²) < 4.78 is 0. The van der Waals surface area contributed by atoms with Crippen LogP contribution in [0, 0.1) is 5.41 Å². The number of hydrogen-bond donors (Lipinski definition) is 2. The summed E-state index contributed by atoms with van der Waals surface area (Å²) in [4.78, 5) is 27.7. The summed E-state index contributed by atoms with van der Waals surface area (Å²) in [5, 5.41) is 6.28. The van der Waals surface area contributed by atoms with Crippen LogP contribution in [0.15, 0.2) is 23.1 Å². The number of amides is 2. The van der Waals surface area contributed by atoms with Gasteiger partial charge in [0.15, 0.2) is 0 Å². The van der Waals surface area contributed by atoms with Gasteiger partial charge in [-0.05, 0) is 56.3 Å². The molecule has 2 saturated heterocycles. The lowest BCUT2D eigenvalue weighted by atomic mass is 9.78. The molecule has 2 fully saturated rings. The first kappa shape index (κ1) is 16.0. The second-order valence-electron chi connectivity index (χ2n) is 7.18. The molecule has 24 heavy (non-hydrogen) atoms. The Morgan fingerprint density at radius 3 is 2.79 bits per heavy atom. The summed E-state index contributed by atoms with van der Waals surface area (Å²) in [5.41, 5.74) is 1.85. The van der Waals surface area contributed by atoms with Gasteiger partial charge in [-0.3, -0.25) is 9.59 Å². The van der Waals surface area contributed by atoms with Crippen LogP contribution in [0.5, 0.6) is 0 Å². The summed E-state index contributed by atoms with van der Waals surface area (Å²) in [5.74, 6) is 0.0854. The Hall–Kier alpha value is -1.53. The molecular formula is C18H23N3O2S. The molecule has 128 valence electrons. The second kappa shape index (κ2) is 6.08. The van der Waals surface area contributed by atoms with Crippen molar-refractivity contribution in [2.45, 2.75) is 36.3 Å². The van der Waals surface area contributed by atoms with Crippen LogP contribution in [0.4, 0.5) is 5.69 Å². The third-order valence-corrected chi connectivity index (χ3v) is 6.78. The first-order valence-electron chi connectivity index (χ1n) is 8.68. The number of likely N-dealkylation sites (tertiary alicyclic amines) is 1. The average molecular weight is 345 g/mol. The lowest BCUT2D eigenvalue weighted by molar-refractivity contribution is -0.115. The summed E-state index contributed by atoms with van der Waals surface area (Å²) in [6.45, 7) is 5.75. The van der Waals surface area contributed by atoms with E-state index in [1.807, 2.05) is 30.0 Å². The Bertz CT molecular complexity index is 675. The summed E-state index contributed by atoms with van der Waals surface area (Å²) in [7, 11) is 0. The third-order valence-electron chi connectivity index (χ3n) is 5.60. The number of nitrogens with one attached hydrogen (secondary N) is 2. The quantitative estimate of drug-likeness (QED) is 0.820. The SMILES string of the molecule is CC1Sc2ccc(C(=O)N3CCC4(CCNC4)CC3)cc2NC1=O. The Kier molecular flexibility index (Phi) is 4.04. The van der Waals surface area contributed by atoms with Gasteiger partial charge in [-0.2, -0.15) is 0 Å². The Morgan fingerprint density at radius 2 is 2.08 bits per heavy atom. The van der Waals surface area contributed by atoms with E-state index < -0.39 is 0 Å². The second-order valence-corrected chi connectivity index (χ2v) is 8.56. The molecule has 2 N–H and O–H groups in total. The van der Waals surface area contributed by atoms with Crippen molar-refractivity contribution in [2.24, 2.45) is 5.41 Å². The number of thioether (sulfide) groups is 1. The van der Waals surface area contributed by atoms with Crippen molar-refractivity contribution in [2.75, 3.05) is 31.5 Å². The molecule has 3 aliphatic heterocycles. The summed E-state index contributed by atoms with van der Waals surface area (Å²) >= 11 is 1.54. The topological polar surface area (TPSA) is 61.4 Å². The molecule has 6 heteroatoms. The number of carbonyl (C=O) groups excluding carboxylic acids is 2. The third kappa shape index (κ3) is 2.82. The molecule has 0 aromatic heterocycles. The number of hydrogen-bond acceptors (Lipinski definition) is 4. The molecule has 0 saturated carbocycles. The number of anilines is 1. The zero-order valence-electron chi connectivity index (χ0n) is 13.9. The molecule has 1 atom stereocenters. The van der Waals surface area contributed by atoms with Gasteiger partial charge in [-0.25, -0.2) is 0 Å². The molecular weight excluding hydrogens is 322 g/mol. The molecule has 1 aromatic rings. The normalized spacial score (nSPS) is 25.5. The minimum atomic E-state index is -0.0858. The highest BCUT2D eigenvalue weighted by Gasteiger charge is 2.38. The molecule has 3 aliphatic rings. The van der Waals surface area contributed by atoms with Gasteiger partial charge in [-0.15, -0.1) is 11.8 Å². The van der Waals surface area contributed by atoms with Crippen LogP contribution in [0.25, 0.3) is 0 Å². The Morgan fingerprint density at radius 1 is 1.29 bits per heavy atom. The maximum absolute atomic E-state index is 12.8. The molecule has 5 nitrogen and oxygen atoms in total. The highest BCUT2D eigenvalue weighted by molar-refractivity contribution is 8.00. The van der Waals surface area contributed by atoms with E-state index in [2.05, 4.69) is 10.6 Å². The molecule has 1 spiro atoms. The van der Waals surface area contributed by atoms with Crippen molar-refractivity contribution < 1.29 is 9.59 Å². The fourth-order valence-corrected chi connectivity index (χ4v) is 4.86. The molecule has 1 unspecified atom stereocenters. The largest absolute Gasteiger partial charge is 0.339 e. The van der Waals surface area contributed by atoms with Gasteiger partial charge in [-0.1, -0.05) is 0 Å². The molecule has 0 aliphatic carbocycles. The highest BCUT2D eigenvalue weighted by Crippen LogP contribution is 2.38. The zero-order chi connectivity index (χ0) is 16.7. The van der Waals surface area contributed by atoms with Gasteiger partial charge in [0.25, 0.3) is 5.91 Å². The average Bonchev–Trinajstić information content (AvgIpc) is 3.04. The number of carbonyl (C=O) groups is 2. The van der Waals surface area contributed by atoms with Crippen LogP contribution in [-0.4, -0.2) is 48.1 Å². The van der Waals surface area contributed by atoms with Gasteiger partial charge >= 0.3 is 0 Å². The number of nitrogens with zero attached hydrogens (tertiary/aromatic N) is 1. The standard InChI is InChI=1S/C18H23N3O2S/c1-12-16(22)20-14-10-13(2-3-15(14)24-12)17(23)21-8-5-18(6-9-21)4-7-19-11-18/h2-3,10,12,19H,4-9,11H2,1H3,(H,20,22). The molecule has 0 bridgehead atoms. The van der Waals surface area contributed by atoms with Crippen LogP contribution in [0.1, 0.15) is 36.5 Å². The predicted molar refractivity (Wildman–Crippen MR) is 95.4 cm³/mol. The number of benzene rings is 1. The Balaban J connectivity index is 1.47. The first-order chi connectivity index (χ1) is 11.6. The predicted octanol–water partition coefficient (Wildman–Crippen LogP) is 2.33. The van der Waals surface area contributed by atoms with E-state index >= 15 is 0 Å². The van der Waals surface area contributed by atoms with Crippen LogP contribution >= 0.6 is 11.8 Å². The van der Waals surface area contributed by atoms with Crippen LogP contribution in [0.3, 0.4) is 0 Å². The van der Waals surface area contributed by atoms with E-state index in [4.69, 9.17) is 0 Å². The van der Waals surface area contributed by atoms with Gasteiger partial charge < -0.3 is 15.5 Å². The lowest BCUT2D eigenvalue weighted by Crippen LogP contribution is -2.44. The number of rotatable bonds is 1. The van der Waals surface area contributed by atoms with E-state index in [1.165, 1.54) is 6.42 Å². The smallest absolute Gasteiger partial charge is 0.253 e. The van der Waals surface area contributed by atoms with E-state index in [-0.39, 0.29) is 17.1 Å². The summed E-state index contributed by atoms with van der Waals surface area (Å²) in [6.07, 6.45) is 3.40. The van der Waals surface area contributed by atoms with Crippen molar-refractivity contribution in [3.8, 4) is 0 Å². The van der Waals surface area contributed by atoms with E-state index in [9.17, 15) is 9.59 Å². The van der Waals surface area contributed by atoms with E-state index in [0.717, 1.165) is 49.6 Å². The molecule has 0 radical (unpaired) electrons. The van der Waals surface area contributed by atoms with Crippen LogP contribution in [0.2, 0.25) is 0 Å².